The Labute approximate surface area is 104 Å². The minimum absolute atomic E-state index is 0.109. The number of nitrogens with one attached hydrogen (secondary N) is 1. The Balaban J connectivity index is 2.43. The number of hydrogen-bond acceptors (Lipinski definition) is 3. The molecule has 0 saturated carbocycles. The molecule has 0 aliphatic heterocycles. The van der Waals surface area contributed by atoms with Gasteiger partial charge < -0.3 is 11.1 Å². The molecule has 0 aliphatic carbocycles. The highest BCUT2D eigenvalue weighted by Crippen LogP contribution is 2.04. The molecule has 4 nitrogen and oxygen atoms in total. The Kier molecular flexibility index (Phi) is 5.86. The second kappa shape index (κ2) is 7.19. The highest BCUT2D eigenvalue weighted by molar-refractivity contribution is 7.84. The third kappa shape index (κ3) is 5.10. The van der Waals surface area contributed by atoms with Crippen LogP contribution >= 0.6 is 0 Å². The van der Waals surface area contributed by atoms with Crippen LogP contribution in [0.4, 0.5) is 0 Å². The molecule has 0 radical (unpaired) electrons. The van der Waals surface area contributed by atoms with Gasteiger partial charge in [0.1, 0.15) is 0 Å². The minimum Gasteiger partial charge on any atom is -0.352 e. The monoisotopic (exact) mass is 254 g/mol. The van der Waals surface area contributed by atoms with E-state index < -0.39 is 10.8 Å². The van der Waals surface area contributed by atoms with Gasteiger partial charge in [-0.2, -0.15) is 0 Å². The molecule has 17 heavy (non-hydrogen) atoms. The third-order valence-electron chi connectivity index (χ3n) is 2.32. The Hall–Kier alpha value is -1.20. The van der Waals surface area contributed by atoms with Gasteiger partial charge >= 0.3 is 0 Å². The normalized spacial score (nSPS) is 12.1. The van der Waals surface area contributed by atoms with Gasteiger partial charge in [-0.15, -0.1) is 0 Å². The van der Waals surface area contributed by atoms with Crippen molar-refractivity contribution in [2.75, 3.05) is 18.6 Å². The lowest BCUT2D eigenvalue weighted by Gasteiger charge is -2.05. The van der Waals surface area contributed by atoms with Crippen LogP contribution in [0.15, 0.2) is 24.3 Å². The topological polar surface area (TPSA) is 72.2 Å². The third-order valence-corrected chi connectivity index (χ3v) is 3.18. The molecule has 0 bridgehead atoms. The lowest BCUT2D eigenvalue weighted by Crippen LogP contribution is -2.25. The molecule has 3 N–H and O–H groups in total. The highest BCUT2D eigenvalue weighted by Gasteiger charge is 2.04. The molecule has 0 heterocycles. The molecule has 1 amide bonds. The molecular formula is C12H18N2O2S. The number of hydrogen-bond donors (Lipinski definition) is 2. The van der Waals surface area contributed by atoms with Crippen LogP contribution in [-0.2, 0) is 17.3 Å². The fourth-order valence-electron chi connectivity index (χ4n) is 1.42. The molecule has 0 fully saturated rings. The average molecular weight is 254 g/mol. The van der Waals surface area contributed by atoms with Crippen molar-refractivity contribution in [3.8, 4) is 0 Å². The predicted molar refractivity (Wildman–Crippen MR) is 70.2 cm³/mol. The molecule has 0 aromatic heterocycles. The van der Waals surface area contributed by atoms with E-state index in [-0.39, 0.29) is 5.91 Å². The van der Waals surface area contributed by atoms with Crippen molar-refractivity contribution in [2.45, 2.75) is 13.0 Å². The standard InChI is InChI=1S/C12H18N2O2S/c1-17(16)7-3-6-14-12(15)11-5-2-4-10(8-11)9-13/h2,4-5,8H,3,6-7,9,13H2,1H3,(H,14,15). The Morgan fingerprint density at radius 3 is 2.88 bits per heavy atom. The van der Waals surface area contributed by atoms with Crippen LogP contribution in [0.3, 0.4) is 0 Å². The molecule has 0 saturated heterocycles. The fourth-order valence-corrected chi connectivity index (χ4v) is 1.97. The lowest BCUT2D eigenvalue weighted by atomic mass is 10.1. The molecule has 5 heteroatoms. The van der Waals surface area contributed by atoms with Crippen LogP contribution in [0.25, 0.3) is 0 Å². The van der Waals surface area contributed by atoms with E-state index in [2.05, 4.69) is 5.32 Å². The summed E-state index contributed by atoms with van der Waals surface area (Å²) >= 11 is 0. The first-order chi connectivity index (χ1) is 8.13. The van der Waals surface area contributed by atoms with Crippen LogP contribution in [0.2, 0.25) is 0 Å². The average Bonchev–Trinajstić information content (AvgIpc) is 2.34. The molecule has 1 unspecified atom stereocenters. The van der Waals surface area contributed by atoms with Crippen molar-refractivity contribution in [3.63, 3.8) is 0 Å². The zero-order chi connectivity index (χ0) is 12.7. The lowest BCUT2D eigenvalue weighted by molar-refractivity contribution is 0.0953. The molecule has 94 valence electrons. The number of rotatable bonds is 6. The van der Waals surface area contributed by atoms with Crippen molar-refractivity contribution >= 4 is 16.7 Å². The van der Waals surface area contributed by atoms with Gasteiger partial charge in [0.05, 0.1) is 0 Å². The van der Waals surface area contributed by atoms with Crippen LogP contribution in [0.5, 0.6) is 0 Å². The summed E-state index contributed by atoms with van der Waals surface area (Å²) in [6, 6.07) is 7.25. The zero-order valence-corrected chi connectivity index (χ0v) is 10.8. The minimum atomic E-state index is -0.798. The molecule has 0 spiro atoms. The molecule has 1 aromatic rings. The van der Waals surface area contributed by atoms with Crippen LogP contribution in [0, 0.1) is 0 Å². The smallest absolute Gasteiger partial charge is 0.251 e. The summed E-state index contributed by atoms with van der Waals surface area (Å²) in [7, 11) is -0.798. The number of carbonyl (C=O) groups excluding carboxylic acids is 1. The second-order valence-electron chi connectivity index (χ2n) is 3.79. The van der Waals surface area contributed by atoms with Gasteiger partial charge in [0.25, 0.3) is 5.91 Å². The molecule has 1 aromatic carbocycles. The summed E-state index contributed by atoms with van der Waals surface area (Å²) in [5.41, 5.74) is 7.06. The second-order valence-corrected chi connectivity index (χ2v) is 5.35. The van der Waals surface area contributed by atoms with E-state index in [1.54, 1.807) is 18.4 Å². The number of amides is 1. The van der Waals surface area contributed by atoms with E-state index in [0.29, 0.717) is 24.4 Å². The van der Waals surface area contributed by atoms with Gasteiger partial charge in [-0.25, -0.2) is 0 Å². The first kappa shape index (κ1) is 13.9. The van der Waals surface area contributed by atoms with E-state index in [1.165, 1.54) is 0 Å². The largest absolute Gasteiger partial charge is 0.352 e. The van der Waals surface area contributed by atoms with Crippen molar-refractivity contribution < 1.29 is 9.00 Å². The molecular weight excluding hydrogens is 236 g/mol. The summed E-state index contributed by atoms with van der Waals surface area (Å²) < 4.78 is 10.8. The van der Waals surface area contributed by atoms with E-state index in [9.17, 15) is 9.00 Å². The van der Waals surface area contributed by atoms with E-state index >= 15 is 0 Å². The maximum atomic E-state index is 11.7. The van der Waals surface area contributed by atoms with Crippen LogP contribution < -0.4 is 11.1 Å². The number of nitrogens with two attached hydrogens (primary N) is 1. The van der Waals surface area contributed by atoms with Gasteiger partial charge in [-0.3, -0.25) is 9.00 Å². The number of carbonyl (C=O) groups is 1. The van der Waals surface area contributed by atoms with E-state index in [4.69, 9.17) is 5.73 Å². The Morgan fingerprint density at radius 2 is 2.24 bits per heavy atom. The van der Waals surface area contributed by atoms with Crippen molar-refractivity contribution in [1.82, 2.24) is 5.32 Å². The fraction of sp³-hybridized carbons (Fsp3) is 0.417. The maximum Gasteiger partial charge on any atom is 0.251 e. The molecule has 1 atom stereocenters. The van der Waals surface area contributed by atoms with Crippen molar-refractivity contribution in [1.29, 1.82) is 0 Å². The maximum absolute atomic E-state index is 11.7. The summed E-state index contributed by atoms with van der Waals surface area (Å²) in [5.74, 6) is 0.505. The SMILES string of the molecule is CS(=O)CCCNC(=O)c1cccc(CN)c1. The summed E-state index contributed by atoms with van der Waals surface area (Å²) in [6.07, 6.45) is 2.39. The molecule has 0 aliphatic rings. The van der Waals surface area contributed by atoms with Gasteiger partial charge in [0.15, 0.2) is 0 Å². The van der Waals surface area contributed by atoms with Crippen molar-refractivity contribution in [3.05, 3.63) is 35.4 Å². The summed E-state index contributed by atoms with van der Waals surface area (Å²) in [6.45, 7) is 0.973. The van der Waals surface area contributed by atoms with E-state index in [1.807, 2.05) is 12.1 Å². The van der Waals surface area contributed by atoms with Gasteiger partial charge in [0, 0.05) is 41.5 Å². The van der Waals surface area contributed by atoms with Gasteiger partial charge in [-0.05, 0) is 24.1 Å². The van der Waals surface area contributed by atoms with Crippen LogP contribution in [-0.4, -0.2) is 28.7 Å². The number of benzene rings is 1. The highest BCUT2D eigenvalue weighted by atomic mass is 32.2. The Bertz CT molecular complexity index is 407. The summed E-state index contributed by atoms with van der Waals surface area (Å²) in [5, 5.41) is 2.79. The summed E-state index contributed by atoms with van der Waals surface area (Å²) in [4.78, 5) is 11.7. The van der Waals surface area contributed by atoms with Gasteiger partial charge in [0.2, 0.25) is 0 Å². The zero-order valence-electron chi connectivity index (χ0n) is 9.94. The van der Waals surface area contributed by atoms with Crippen LogP contribution in [0.1, 0.15) is 22.3 Å². The quantitative estimate of drug-likeness (QED) is 0.732. The molecule has 1 rings (SSSR count). The van der Waals surface area contributed by atoms with Gasteiger partial charge in [-0.1, -0.05) is 12.1 Å². The first-order valence-electron chi connectivity index (χ1n) is 5.50. The predicted octanol–water partition coefficient (Wildman–Crippen LogP) is 0.644. The Morgan fingerprint density at radius 1 is 1.47 bits per heavy atom. The van der Waals surface area contributed by atoms with E-state index in [0.717, 1.165) is 12.0 Å². The first-order valence-corrected chi connectivity index (χ1v) is 7.23. The van der Waals surface area contributed by atoms with Crippen molar-refractivity contribution in [2.24, 2.45) is 5.73 Å².